The number of carbonyl (C=O) groups is 1. The molecule has 2 unspecified atom stereocenters. The third-order valence-electron chi connectivity index (χ3n) is 4.21. The standard InChI is InChI=1S/C18H14Cl4N6O/c19-12-5-3-11(4-6-12)16(29)27-15(18(20,21)22)14-9-25-17(26-10-23)28(14)13-2-1-7-24-8-13/h1-8,14-15H,9H2,(H,25,26)(H,27,29). The molecular formula is C18H14Cl4N6O. The molecular weight excluding hydrogens is 458 g/mol. The van der Waals surface area contributed by atoms with E-state index in [1.165, 1.54) is 0 Å². The summed E-state index contributed by atoms with van der Waals surface area (Å²) in [7, 11) is 0. The van der Waals surface area contributed by atoms with Gasteiger partial charge in [-0.25, -0.2) is 4.99 Å². The monoisotopic (exact) mass is 470 g/mol. The van der Waals surface area contributed by atoms with Crippen LogP contribution in [-0.2, 0) is 0 Å². The molecule has 1 aromatic carbocycles. The van der Waals surface area contributed by atoms with E-state index in [-0.39, 0.29) is 12.5 Å². The van der Waals surface area contributed by atoms with Gasteiger partial charge in [0.2, 0.25) is 9.75 Å². The number of nitrogens with one attached hydrogen (secondary N) is 2. The number of anilines is 1. The molecule has 2 atom stereocenters. The van der Waals surface area contributed by atoms with Crippen LogP contribution in [0.1, 0.15) is 10.4 Å². The number of pyridine rings is 1. The summed E-state index contributed by atoms with van der Waals surface area (Å²) in [6, 6.07) is 8.28. The molecule has 1 aromatic heterocycles. The highest BCUT2D eigenvalue weighted by molar-refractivity contribution is 6.68. The molecule has 0 aliphatic carbocycles. The maximum atomic E-state index is 12.8. The number of benzene rings is 1. The van der Waals surface area contributed by atoms with Gasteiger partial charge in [-0.15, -0.1) is 0 Å². The third kappa shape index (κ3) is 5.03. The number of halogens is 4. The summed E-state index contributed by atoms with van der Waals surface area (Å²) < 4.78 is -1.86. The Balaban J connectivity index is 1.92. The molecule has 150 valence electrons. The first-order chi connectivity index (χ1) is 13.8. The summed E-state index contributed by atoms with van der Waals surface area (Å²) >= 11 is 24.6. The van der Waals surface area contributed by atoms with Gasteiger partial charge in [0.05, 0.1) is 30.5 Å². The van der Waals surface area contributed by atoms with Crippen molar-refractivity contribution in [2.45, 2.75) is 15.9 Å². The predicted molar refractivity (Wildman–Crippen MR) is 115 cm³/mol. The van der Waals surface area contributed by atoms with Gasteiger partial charge in [-0.2, -0.15) is 5.26 Å². The molecule has 1 aliphatic rings. The third-order valence-corrected chi connectivity index (χ3v) is 5.17. The van der Waals surface area contributed by atoms with Crippen molar-refractivity contribution in [3.8, 4) is 6.19 Å². The zero-order valence-corrected chi connectivity index (χ0v) is 17.7. The fourth-order valence-corrected chi connectivity index (χ4v) is 3.66. The quantitative estimate of drug-likeness (QED) is 0.404. The molecule has 0 saturated carbocycles. The second-order valence-corrected chi connectivity index (χ2v) is 8.85. The number of amides is 1. The fraction of sp³-hybridized carbons (Fsp3) is 0.222. The van der Waals surface area contributed by atoms with E-state index >= 15 is 0 Å². The number of hydrogen-bond donors (Lipinski definition) is 2. The van der Waals surface area contributed by atoms with Crippen LogP contribution in [0.4, 0.5) is 5.69 Å². The Morgan fingerprint density at radius 3 is 2.59 bits per heavy atom. The summed E-state index contributed by atoms with van der Waals surface area (Å²) in [5.41, 5.74) is 0.979. The van der Waals surface area contributed by atoms with Crippen molar-refractivity contribution in [3.63, 3.8) is 0 Å². The van der Waals surface area contributed by atoms with E-state index in [1.54, 1.807) is 53.7 Å². The lowest BCUT2D eigenvalue weighted by atomic mass is 10.1. The molecule has 2 N–H and O–H groups in total. The van der Waals surface area contributed by atoms with Gasteiger partial charge in [0, 0.05) is 16.8 Å². The molecule has 2 heterocycles. The van der Waals surface area contributed by atoms with Gasteiger partial charge in [0.1, 0.15) is 0 Å². The van der Waals surface area contributed by atoms with Crippen LogP contribution in [0.3, 0.4) is 0 Å². The Kier molecular flexibility index (Phi) is 6.70. The number of nitrogens with zero attached hydrogens (tertiary/aromatic N) is 4. The van der Waals surface area contributed by atoms with E-state index in [0.717, 1.165) is 0 Å². The van der Waals surface area contributed by atoms with Crippen LogP contribution in [0.5, 0.6) is 0 Å². The van der Waals surface area contributed by atoms with Crippen LogP contribution >= 0.6 is 46.4 Å². The molecule has 0 bridgehead atoms. The summed E-state index contributed by atoms with van der Waals surface area (Å²) in [4.78, 5) is 22.8. The largest absolute Gasteiger partial charge is 0.343 e. The van der Waals surface area contributed by atoms with Crippen LogP contribution in [0, 0.1) is 11.5 Å². The van der Waals surface area contributed by atoms with Crippen LogP contribution in [0.25, 0.3) is 0 Å². The molecule has 7 nitrogen and oxygen atoms in total. The molecule has 0 radical (unpaired) electrons. The maximum Gasteiger partial charge on any atom is 0.251 e. The Hall–Kier alpha value is -2.24. The van der Waals surface area contributed by atoms with Crippen LogP contribution in [-0.4, -0.2) is 39.3 Å². The van der Waals surface area contributed by atoms with E-state index in [9.17, 15) is 4.79 Å². The number of aliphatic imine (C=N–C) groups is 1. The minimum absolute atomic E-state index is 0.179. The summed E-state index contributed by atoms with van der Waals surface area (Å²) in [5, 5.41) is 14.8. The van der Waals surface area contributed by atoms with Crippen LogP contribution in [0.15, 0.2) is 53.8 Å². The highest BCUT2D eigenvalue weighted by Gasteiger charge is 2.46. The smallest absolute Gasteiger partial charge is 0.251 e. The molecule has 0 fully saturated rings. The first-order valence-corrected chi connectivity index (χ1v) is 9.84. The molecule has 1 amide bonds. The minimum Gasteiger partial charge on any atom is -0.343 e. The van der Waals surface area contributed by atoms with Crippen molar-refractivity contribution in [2.24, 2.45) is 4.99 Å². The highest BCUT2D eigenvalue weighted by Crippen LogP contribution is 2.36. The van der Waals surface area contributed by atoms with Gasteiger partial charge in [-0.05, 0) is 36.4 Å². The van der Waals surface area contributed by atoms with Crippen molar-refractivity contribution >= 4 is 64.0 Å². The number of carbonyl (C=O) groups excluding carboxylic acids is 1. The minimum atomic E-state index is -1.86. The molecule has 0 spiro atoms. The van der Waals surface area contributed by atoms with Crippen molar-refractivity contribution in [1.29, 1.82) is 5.26 Å². The second kappa shape index (κ2) is 9.06. The molecule has 3 rings (SSSR count). The lowest BCUT2D eigenvalue weighted by Gasteiger charge is -2.36. The number of rotatable bonds is 4. The average Bonchev–Trinajstić information content (AvgIpc) is 3.09. The number of alkyl halides is 3. The predicted octanol–water partition coefficient (Wildman–Crippen LogP) is 3.52. The van der Waals surface area contributed by atoms with E-state index in [4.69, 9.17) is 51.7 Å². The molecule has 29 heavy (non-hydrogen) atoms. The summed E-state index contributed by atoms with van der Waals surface area (Å²) in [5.74, 6) is -0.170. The normalized spacial score (nSPS) is 17.3. The molecule has 2 aromatic rings. The SMILES string of the molecule is N#CNC1=NCC(C(NC(=O)c2ccc(Cl)cc2)C(Cl)(Cl)Cl)N1c1cccnc1. The van der Waals surface area contributed by atoms with Gasteiger partial charge < -0.3 is 10.2 Å². The van der Waals surface area contributed by atoms with Gasteiger partial charge in [-0.3, -0.25) is 15.1 Å². The van der Waals surface area contributed by atoms with Gasteiger partial charge in [0.25, 0.3) is 5.91 Å². The average molecular weight is 472 g/mol. The Morgan fingerprint density at radius 2 is 2.00 bits per heavy atom. The van der Waals surface area contributed by atoms with Gasteiger partial charge in [-0.1, -0.05) is 46.4 Å². The number of guanidine groups is 1. The molecule has 11 heteroatoms. The van der Waals surface area contributed by atoms with Crippen LogP contribution in [0.2, 0.25) is 5.02 Å². The Labute approximate surface area is 187 Å². The molecule has 1 aliphatic heterocycles. The maximum absolute atomic E-state index is 12.8. The topological polar surface area (TPSA) is 93.4 Å². The van der Waals surface area contributed by atoms with E-state index < -0.39 is 21.8 Å². The van der Waals surface area contributed by atoms with Gasteiger partial charge >= 0.3 is 0 Å². The summed E-state index contributed by atoms with van der Waals surface area (Å²) in [6.45, 7) is 0.179. The fourth-order valence-electron chi connectivity index (χ4n) is 2.93. The lowest BCUT2D eigenvalue weighted by molar-refractivity contribution is 0.0932. The van der Waals surface area contributed by atoms with Crippen molar-refractivity contribution in [2.75, 3.05) is 11.4 Å². The summed E-state index contributed by atoms with van der Waals surface area (Å²) in [6.07, 6.45) is 5.03. The van der Waals surface area contributed by atoms with E-state index in [2.05, 4.69) is 20.6 Å². The van der Waals surface area contributed by atoms with E-state index in [0.29, 0.717) is 16.3 Å². The number of aromatic nitrogens is 1. The zero-order chi connectivity index (χ0) is 21.0. The second-order valence-electron chi connectivity index (χ2n) is 6.05. The number of nitriles is 1. The van der Waals surface area contributed by atoms with Crippen LogP contribution < -0.4 is 15.5 Å². The van der Waals surface area contributed by atoms with Crippen molar-refractivity contribution in [3.05, 3.63) is 59.4 Å². The first kappa shape index (κ1) is 21.5. The van der Waals surface area contributed by atoms with Crippen molar-refractivity contribution < 1.29 is 4.79 Å². The van der Waals surface area contributed by atoms with Gasteiger partial charge in [0.15, 0.2) is 6.19 Å². The number of hydrogen-bond acceptors (Lipinski definition) is 6. The first-order valence-electron chi connectivity index (χ1n) is 8.33. The lowest BCUT2D eigenvalue weighted by Crippen LogP contribution is -2.59. The zero-order valence-electron chi connectivity index (χ0n) is 14.7. The van der Waals surface area contributed by atoms with Crippen molar-refractivity contribution in [1.82, 2.24) is 15.6 Å². The Morgan fingerprint density at radius 1 is 1.28 bits per heavy atom. The molecule has 0 saturated heterocycles. The van der Waals surface area contributed by atoms with E-state index in [1.807, 2.05) is 6.19 Å². The highest BCUT2D eigenvalue weighted by atomic mass is 35.6. The Bertz CT molecular complexity index is 940.